The lowest BCUT2D eigenvalue weighted by Gasteiger charge is -2.07. The Morgan fingerprint density at radius 2 is 2.00 bits per heavy atom. The van der Waals surface area contributed by atoms with Crippen LogP contribution in [0.2, 0.25) is 0 Å². The molecule has 0 saturated heterocycles. The number of carbonyl (C=O) groups excluding carboxylic acids is 1. The molecule has 3 nitrogen and oxygen atoms in total. The van der Waals surface area contributed by atoms with Crippen LogP contribution in [-0.4, -0.2) is 19.0 Å². The second-order valence-electron chi connectivity index (χ2n) is 5.45. The van der Waals surface area contributed by atoms with E-state index < -0.39 is 0 Å². The number of amides is 1. The normalized spacial score (nSPS) is 20.9. The highest BCUT2D eigenvalue weighted by atomic mass is 16.2. The highest BCUT2D eigenvalue weighted by molar-refractivity contribution is 5.89. The Morgan fingerprint density at radius 1 is 1.20 bits per heavy atom. The van der Waals surface area contributed by atoms with Crippen LogP contribution in [0, 0.1) is 5.92 Å². The Kier molecular flexibility index (Phi) is 3.70. The van der Waals surface area contributed by atoms with Crippen LogP contribution < -0.4 is 11.1 Å². The lowest BCUT2D eigenvalue weighted by atomic mass is 10.00. The van der Waals surface area contributed by atoms with Crippen LogP contribution >= 0.6 is 0 Å². The number of hydrogen-bond acceptors (Lipinski definition) is 2. The zero-order valence-electron chi connectivity index (χ0n) is 11.5. The van der Waals surface area contributed by atoms with E-state index in [0.717, 1.165) is 12.8 Å². The largest absolute Gasteiger partial charge is 0.356 e. The summed E-state index contributed by atoms with van der Waals surface area (Å²) < 4.78 is 0. The predicted molar refractivity (Wildman–Crippen MR) is 81.5 cm³/mol. The molecule has 3 rings (SSSR count). The first-order chi connectivity index (χ1) is 9.81. The highest BCUT2D eigenvalue weighted by Gasteiger charge is 2.44. The molecule has 0 spiro atoms. The molecule has 0 radical (unpaired) electrons. The van der Waals surface area contributed by atoms with Gasteiger partial charge in [0.25, 0.3) is 0 Å². The maximum atomic E-state index is 12.0. The van der Waals surface area contributed by atoms with Gasteiger partial charge in [-0.1, -0.05) is 42.5 Å². The van der Waals surface area contributed by atoms with Gasteiger partial charge in [-0.25, -0.2) is 0 Å². The van der Waals surface area contributed by atoms with Gasteiger partial charge < -0.3 is 11.1 Å². The molecule has 104 valence electrons. The van der Waals surface area contributed by atoms with Crippen molar-refractivity contribution in [3.8, 4) is 0 Å². The summed E-state index contributed by atoms with van der Waals surface area (Å²) in [4.78, 5) is 12.0. The van der Waals surface area contributed by atoms with E-state index in [1.807, 2.05) is 0 Å². The van der Waals surface area contributed by atoms with Crippen molar-refractivity contribution >= 4 is 16.7 Å². The maximum Gasteiger partial charge on any atom is 0.223 e. The van der Waals surface area contributed by atoms with Gasteiger partial charge in [0.2, 0.25) is 5.91 Å². The van der Waals surface area contributed by atoms with Gasteiger partial charge >= 0.3 is 0 Å². The van der Waals surface area contributed by atoms with Gasteiger partial charge in [-0.05, 0) is 41.6 Å². The Bertz CT molecular complexity index is 618. The molecule has 1 aliphatic rings. The predicted octanol–water partition coefficient (Wildman–Crippen LogP) is 2.41. The highest BCUT2D eigenvalue weighted by Crippen LogP contribution is 2.49. The molecule has 1 saturated carbocycles. The van der Waals surface area contributed by atoms with Crippen molar-refractivity contribution in [3.63, 3.8) is 0 Å². The van der Waals surface area contributed by atoms with Crippen LogP contribution in [0.1, 0.15) is 24.3 Å². The topological polar surface area (TPSA) is 55.1 Å². The Hall–Kier alpha value is -1.87. The molecule has 1 fully saturated rings. The molecule has 0 aromatic heterocycles. The molecule has 3 N–H and O–H groups in total. The van der Waals surface area contributed by atoms with Crippen LogP contribution in [-0.2, 0) is 4.79 Å². The summed E-state index contributed by atoms with van der Waals surface area (Å²) in [6.07, 6.45) is 1.81. The molecule has 20 heavy (non-hydrogen) atoms. The first-order valence-corrected chi connectivity index (χ1v) is 7.26. The average Bonchev–Trinajstić information content (AvgIpc) is 3.27. The van der Waals surface area contributed by atoms with E-state index in [1.165, 1.54) is 16.3 Å². The number of nitrogens with two attached hydrogens (primary N) is 1. The maximum absolute atomic E-state index is 12.0. The van der Waals surface area contributed by atoms with Crippen molar-refractivity contribution in [3.05, 3.63) is 48.0 Å². The van der Waals surface area contributed by atoms with Crippen molar-refractivity contribution in [1.82, 2.24) is 5.32 Å². The number of fused-ring (bicyclic) bond motifs is 1. The summed E-state index contributed by atoms with van der Waals surface area (Å²) in [6, 6.07) is 14.7. The standard InChI is InChI=1S/C17H20N2O/c18-9-4-10-19-17(20)16-11-15(16)14-8-3-6-12-5-1-2-7-13(12)14/h1-3,5-8,15-16H,4,9-11,18H2,(H,19,20). The zero-order valence-corrected chi connectivity index (χ0v) is 11.5. The lowest BCUT2D eigenvalue weighted by Crippen LogP contribution is -2.27. The summed E-state index contributed by atoms with van der Waals surface area (Å²) in [6.45, 7) is 1.31. The molecular formula is C17H20N2O. The first kappa shape index (κ1) is 13.1. The Labute approximate surface area is 119 Å². The monoisotopic (exact) mass is 268 g/mol. The number of hydrogen-bond donors (Lipinski definition) is 2. The number of benzene rings is 2. The van der Waals surface area contributed by atoms with E-state index in [0.29, 0.717) is 19.0 Å². The average molecular weight is 268 g/mol. The minimum atomic E-state index is 0.138. The van der Waals surface area contributed by atoms with Gasteiger partial charge in [-0.15, -0.1) is 0 Å². The summed E-state index contributed by atoms with van der Waals surface area (Å²) in [5.74, 6) is 0.689. The van der Waals surface area contributed by atoms with Gasteiger partial charge in [0, 0.05) is 12.5 Å². The van der Waals surface area contributed by atoms with Crippen molar-refractivity contribution in [1.29, 1.82) is 0 Å². The van der Waals surface area contributed by atoms with E-state index in [9.17, 15) is 4.79 Å². The fourth-order valence-electron chi connectivity index (χ4n) is 2.85. The van der Waals surface area contributed by atoms with E-state index in [1.54, 1.807) is 0 Å². The molecular weight excluding hydrogens is 248 g/mol. The SMILES string of the molecule is NCCCNC(=O)C1CC1c1cccc2ccccc12. The van der Waals surface area contributed by atoms with E-state index in [-0.39, 0.29) is 11.8 Å². The summed E-state index contributed by atoms with van der Waals surface area (Å²) >= 11 is 0. The van der Waals surface area contributed by atoms with Gasteiger partial charge in [-0.3, -0.25) is 4.79 Å². The van der Waals surface area contributed by atoms with Crippen molar-refractivity contribution in [2.24, 2.45) is 11.7 Å². The first-order valence-electron chi connectivity index (χ1n) is 7.26. The van der Waals surface area contributed by atoms with E-state index >= 15 is 0 Å². The van der Waals surface area contributed by atoms with Gasteiger partial charge in [0.05, 0.1) is 0 Å². The molecule has 0 aliphatic heterocycles. The van der Waals surface area contributed by atoms with Gasteiger partial charge in [0.1, 0.15) is 0 Å². The summed E-state index contributed by atoms with van der Waals surface area (Å²) in [5, 5.41) is 5.50. The molecule has 3 heteroatoms. The summed E-state index contributed by atoms with van der Waals surface area (Å²) in [5.41, 5.74) is 6.74. The van der Waals surface area contributed by atoms with Crippen LogP contribution in [0.5, 0.6) is 0 Å². The molecule has 0 heterocycles. The molecule has 1 aliphatic carbocycles. The molecule has 1 amide bonds. The van der Waals surface area contributed by atoms with Gasteiger partial charge in [0.15, 0.2) is 0 Å². The van der Waals surface area contributed by atoms with Crippen molar-refractivity contribution in [2.75, 3.05) is 13.1 Å². The van der Waals surface area contributed by atoms with E-state index in [2.05, 4.69) is 47.8 Å². The van der Waals surface area contributed by atoms with Gasteiger partial charge in [-0.2, -0.15) is 0 Å². The third-order valence-corrected chi connectivity index (χ3v) is 4.03. The number of rotatable bonds is 5. The quantitative estimate of drug-likeness (QED) is 0.818. The van der Waals surface area contributed by atoms with Crippen molar-refractivity contribution in [2.45, 2.75) is 18.8 Å². The van der Waals surface area contributed by atoms with Crippen LogP contribution in [0.3, 0.4) is 0 Å². The smallest absolute Gasteiger partial charge is 0.223 e. The van der Waals surface area contributed by atoms with E-state index in [4.69, 9.17) is 5.73 Å². The second kappa shape index (κ2) is 5.63. The molecule has 2 atom stereocenters. The second-order valence-corrected chi connectivity index (χ2v) is 5.45. The summed E-state index contributed by atoms with van der Waals surface area (Å²) in [7, 11) is 0. The third kappa shape index (κ3) is 2.54. The fourth-order valence-corrected chi connectivity index (χ4v) is 2.85. The number of carbonyl (C=O) groups is 1. The van der Waals surface area contributed by atoms with Crippen LogP contribution in [0.4, 0.5) is 0 Å². The third-order valence-electron chi connectivity index (χ3n) is 4.03. The minimum Gasteiger partial charge on any atom is -0.356 e. The van der Waals surface area contributed by atoms with Crippen LogP contribution in [0.25, 0.3) is 10.8 Å². The fraction of sp³-hybridized carbons (Fsp3) is 0.353. The zero-order chi connectivity index (χ0) is 13.9. The molecule has 2 aromatic rings. The minimum absolute atomic E-state index is 0.138. The molecule has 0 bridgehead atoms. The van der Waals surface area contributed by atoms with Crippen molar-refractivity contribution < 1.29 is 4.79 Å². The van der Waals surface area contributed by atoms with Crippen LogP contribution in [0.15, 0.2) is 42.5 Å². The number of nitrogens with one attached hydrogen (secondary N) is 1. The molecule has 2 unspecified atom stereocenters. The lowest BCUT2D eigenvalue weighted by molar-refractivity contribution is -0.122. The Balaban J connectivity index is 1.73. The Morgan fingerprint density at radius 3 is 2.85 bits per heavy atom. The molecule has 2 aromatic carbocycles.